The third-order valence-electron chi connectivity index (χ3n) is 2.70. The lowest BCUT2D eigenvalue weighted by Crippen LogP contribution is -2.13. The van der Waals surface area contributed by atoms with Gasteiger partial charge in [0.2, 0.25) is 0 Å². The molecule has 100 valence electrons. The highest BCUT2D eigenvalue weighted by molar-refractivity contribution is 14.1. The summed E-state index contributed by atoms with van der Waals surface area (Å²) in [6, 6.07) is 9.27. The number of aromatic amines is 1. The van der Waals surface area contributed by atoms with Gasteiger partial charge in [-0.05, 0) is 52.9 Å². The van der Waals surface area contributed by atoms with Crippen LogP contribution in [-0.2, 0) is 0 Å². The summed E-state index contributed by atoms with van der Waals surface area (Å²) in [5.74, 6) is 0.219. The Kier molecular flexibility index (Phi) is 3.70. The minimum Gasteiger partial charge on any atom is -0.305 e. The SMILES string of the molecule is O=C(Nc1cc(I)ccn1)c1n[nH]c2ccc(Br)cc12. The van der Waals surface area contributed by atoms with Crippen LogP contribution in [0.4, 0.5) is 5.82 Å². The number of benzene rings is 1. The van der Waals surface area contributed by atoms with Crippen molar-refractivity contribution in [3.05, 3.63) is 50.3 Å². The maximum absolute atomic E-state index is 12.3. The van der Waals surface area contributed by atoms with E-state index in [1.165, 1.54) is 0 Å². The van der Waals surface area contributed by atoms with E-state index in [0.717, 1.165) is 18.9 Å². The van der Waals surface area contributed by atoms with Crippen molar-refractivity contribution in [3.8, 4) is 0 Å². The second kappa shape index (κ2) is 5.49. The minimum absolute atomic E-state index is 0.288. The molecule has 0 saturated heterocycles. The molecule has 0 atom stereocenters. The predicted molar refractivity (Wildman–Crippen MR) is 88.7 cm³/mol. The number of carbonyl (C=O) groups is 1. The molecule has 2 aromatic heterocycles. The Labute approximate surface area is 136 Å². The molecule has 0 aliphatic carbocycles. The van der Waals surface area contributed by atoms with Crippen LogP contribution in [0, 0.1) is 3.57 Å². The first kappa shape index (κ1) is 13.5. The molecular weight excluding hydrogens is 435 g/mol. The van der Waals surface area contributed by atoms with Crippen molar-refractivity contribution in [1.82, 2.24) is 15.2 Å². The van der Waals surface area contributed by atoms with Crippen molar-refractivity contribution in [2.45, 2.75) is 0 Å². The van der Waals surface area contributed by atoms with E-state index < -0.39 is 0 Å². The lowest BCUT2D eigenvalue weighted by molar-refractivity contribution is 0.102. The van der Waals surface area contributed by atoms with Gasteiger partial charge < -0.3 is 5.32 Å². The maximum Gasteiger partial charge on any atom is 0.277 e. The summed E-state index contributed by atoms with van der Waals surface area (Å²) in [5, 5.41) is 10.4. The average molecular weight is 443 g/mol. The van der Waals surface area contributed by atoms with E-state index in [1.54, 1.807) is 12.3 Å². The zero-order valence-corrected chi connectivity index (χ0v) is 13.8. The Hall–Kier alpha value is -1.48. The molecule has 3 rings (SSSR count). The lowest BCUT2D eigenvalue weighted by atomic mass is 10.2. The first-order chi connectivity index (χ1) is 9.63. The number of aromatic nitrogens is 3. The monoisotopic (exact) mass is 442 g/mol. The van der Waals surface area contributed by atoms with Gasteiger partial charge in [-0.3, -0.25) is 9.89 Å². The largest absolute Gasteiger partial charge is 0.305 e. The van der Waals surface area contributed by atoms with E-state index >= 15 is 0 Å². The summed E-state index contributed by atoms with van der Waals surface area (Å²) in [6.07, 6.45) is 1.65. The molecule has 5 nitrogen and oxygen atoms in total. The van der Waals surface area contributed by atoms with Crippen LogP contribution in [0.25, 0.3) is 10.9 Å². The van der Waals surface area contributed by atoms with E-state index in [0.29, 0.717) is 11.5 Å². The molecule has 0 fully saturated rings. The number of rotatable bonds is 2. The lowest BCUT2D eigenvalue weighted by Gasteiger charge is -2.02. The van der Waals surface area contributed by atoms with Gasteiger partial charge in [0, 0.05) is 19.6 Å². The summed E-state index contributed by atoms with van der Waals surface area (Å²) in [7, 11) is 0. The molecule has 20 heavy (non-hydrogen) atoms. The van der Waals surface area contributed by atoms with Crippen LogP contribution in [0.3, 0.4) is 0 Å². The molecule has 3 aromatic rings. The van der Waals surface area contributed by atoms with Gasteiger partial charge in [0.05, 0.1) is 5.52 Å². The quantitative estimate of drug-likeness (QED) is 0.596. The van der Waals surface area contributed by atoms with E-state index in [4.69, 9.17) is 0 Å². The molecular formula is C13H8BrIN4O. The first-order valence-electron chi connectivity index (χ1n) is 5.70. The van der Waals surface area contributed by atoms with Crippen LogP contribution in [0.15, 0.2) is 41.0 Å². The van der Waals surface area contributed by atoms with Gasteiger partial charge >= 0.3 is 0 Å². The normalized spacial score (nSPS) is 10.7. The topological polar surface area (TPSA) is 70.7 Å². The molecule has 1 amide bonds. The predicted octanol–water partition coefficient (Wildman–Crippen LogP) is 3.58. The second-order valence-electron chi connectivity index (χ2n) is 4.08. The van der Waals surface area contributed by atoms with Crippen molar-refractivity contribution in [3.63, 3.8) is 0 Å². The Morgan fingerprint density at radius 3 is 2.95 bits per heavy atom. The van der Waals surface area contributed by atoms with Crippen molar-refractivity contribution >= 4 is 61.1 Å². The number of amides is 1. The molecule has 0 aliphatic rings. The Morgan fingerprint density at radius 1 is 1.30 bits per heavy atom. The van der Waals surface area contributed by atoms with Crippen molar-refractivity contribution in [1.29, 1.82) is 0 Å². The first-order valence-corrected chi connectivity index (χ1v) is 7.57. The number of anilines is 1. The van der Waals surface area contributed by atoms with Gasteiger partial charge in [0.25, 0.3) is 5.91 Å². The maximum atomic E-state index is 12.3. The van der Waals surface area contributed by atoms with Crippen molar-refractivity contribution < 1.29 is 4.79 Å². The zero-order chi connectivity index (χ0) is 14.1. The smallest absolute Gasteiger partial charge is 0.277 e. The van der Waals surface area contributed by atoms with Gasteiger partial charge in [-0.25, -0.2) is 4.98 Å². The number of carbonyl (C=O) groups excluding carboxylic acids is 1. The third kappa shape index (κ3) is 2.68. The summed E-state index contributed by atoms with van der Waals surface area (Å²) in [6.45, 7) is 0. The Bertz CT molecular complexity index is 802. The number of hydrogen-bond acceptors (Lipinski definition) is 3. The van der Waals surface area contributed by atoms with E-state index in [2.05, 4.69) is 59.0 Å². The number of nitrogens with one attached hydrogen (secondary N) is 2. The molecule has 7 heteroatoms. The summed E-state index contributed by atoms with van der Waals surface area (Å²) >= 11 is 5.55. The zero-order valence-electron chi connectivity index (χ0n) is 10.0. The fourth-order valence-corrected chi connectivity index (χ4v) is 2.62. The van der Waals surface area contributed by atoms with Crippen LogP contribution >= 0.6 is 38.5 Å². The molecule has 0 unspecified atom stereocenters. The fraction of sp³-hybridized carbons (Fsp3) is 0. The number of fused-ring (bicyclic) bond motifs is 1. The average Bonchev–Trinajstić information content (AvgIpc) is 2.81. The Balaban J connectivity index is 1.94. The summed E-state index contributed by atoms with van der Waals surface area (Å²) in [5.41, 5.74) is 1.16. The van der Waals surface area contributed by atoms with Gasteiger partial charge in [0.1, 0.15) is 5.82 Å². The molecule has 2 N–H and O–H groups in total. The third-order valence-corrected chi connectivity index (χ3v) is 3.87. The van der Waals surface area contributed by atoms with E-state index in [-0.39, 0.29) is 5.91 Å². The van der Waals surface area contributed by atoms with Crippen LogP contribution in [0.5, 0.6) is 0 Å². The summed E-state index contributed by atoms with van der Waals surface area (Å²) < 4.78 is 1.90. The van der Waals surface area contributed by atoms with Crippen molar-refractivity contribution in [2.75, 3.05) is 5.32 Å². The van der Waals surface area contributed by atoms with E-state index in [1.807, 2.05) is 24.3 Å². The highest BCUT2D eigenvalue weighted by Gasteiger charge is 2.15. The van der Waals surface area contributed by atoms with Crippen LogP contribution in [0.2, 0.25) is 0 Å². The van der Waals surface area contributed by atoms with Crippen LogP contribution < -0.4 is 5.32 Å². The van der Waals surface area contributed by atoms with Gasteiger partial charge in [0.15, 0.2) is 5.69 Å². The van der Waals surface area contributed by atoms with Gasteiger partial charge in [-0.2, -0.15) is 5.10 Å². The number of pyridine rings is 1. The second-order valence-corrected chi connectivity index (χ2v) is 6.24. The number of hydrogen-bond donors (Lipinski definition) is 2. The standard InChI is InChI=1S/C13H8BrIN4O/c14-7-1-2-10-9(5-7)12(19-18-10)13(20)17-11-6-8(15)3-4-16-11/h1-6H,(H,18,19)(H,16,17,20). The highest BCUT2D eigenvalue weighted by Crippen LogP contribution is 2.21. The molecule has 2 heterocycles. The molecule has 0 aliphatic heterocycles. The fourth-order valence-electron chi connectivity index (χ4n) is 1.81. The molecule has 0 saturated carbocycles. The Morgan fingerprint density at radius 2 is 2.15 bits per heavy atom. The van der Waals surface area contributed by atoms with E-state index in [9.17, 15) is 4.79 Å². The minimum atomic E-state index is -0.288. The molecule has 1 aromatic carbocycles. The summed E-state index contributed by atoms with van der Waals surface area (Å²) in [4.78, 5) is 16.4. The molecule has 0 radical (unpaired) electrons. The van der Waals surface area contributed by atoms with Crippen LogP contribution in [-0.4, -0.2) is 21.1 Å². The highest BCUT2D eigenvalue weighted by atomic mass is 127. The molecule has 0 bridgehead atoms. The van der Waals surface area contributed by atoms with Crippen LogP contribution in [0.1, 0.15) is 10.5 Å². The number of nitrogens with zero attached hydrogens (tertiary/aromatic N) is 2. The van der Waals surface area contributed by atoms with Gasteiger partial charge in [-0.15, -0.1) is 0 Å². The van der Waals surface area contributed by atoms with Gasteiger partial charge in [-0.1, -0.05) is 15.9 Å². The number of H-pyrrole nitrogens is 1. The molecule has 0 spiro atoms. The number of halogens is 2. The van der Waals surface area contributed by atoms with Crippen molar-refractivity contribution in [2.24, 2.45) is 0 Å².